The van der Waals surface area contributed by atoms with Gasteiger partial charge in [-0.15, -0.1) is 0 Å². The van der Waals surface area contributed by atoms with Crippen LogP contribution in [0.2, 0.25) is 0 Å². The fourth-order valence-electron chi connectivity index (χ4n) is 6.75. The number of amides is 1. The minimum Gasteiger partial charge on any atom is -0.370 e. The molecule has 3 aliphatic rings. The predicted molar refractivity (Wildman–Crippen MR) is 159 cm³/mol. The van der Waals surface area contributed by atoms with E-state index < -0.39 is 10.0 Å². The number of ether oxygens (including phenoxy) is 1. The fraction of sp³-hybridized carbons (Fsp3) is 0.645. The van der Waals surface area contributed by atoms with E-state index in [9.17, 15) is 13.2 Å². The van der Waals surface area contributed by atoms with E-state index in [-0.39, 0.29) is 24.2 Å². The SMILES string of the molecule is Cc1cccc([C@H]2CCC(CCc3ncnc(C(=O)N4CCC(N5CCC(N(C)S(C)(=O)=O)CC5)CC4)c3C)O2)c1. The van der Waals surface area contributed by atoms with Gasteiger partial charge in [-0.1, -0.05) is 29.8 Å². The third kappa shape index (κ3) is 7.16. The van der Waals surface area contributed by atoms with Gasteiger partial charge in [0.05, 0.1) is 18.5 Å². The molecule has 0 bridgehead atoms. The molecule has 9 nitrogen and oxygen atoms in total. The lowest BCUT2D eigenvalue weighted by Crippen LogP contribution is -2.52. The van der Waals surface area contributed by atoms with Crippen LogP contribution in [0.3, 0.4) is 0 Å². The molecule has 0 saturated carbocycles. The van der Waals surface area contributed by atoms with Gasteiger partial charge in [-0.05, 0) is 83.9 Å². The Morgan fingerprint density at radius 1 is 1.02 bits per heavy atom. The Hall–Kier alpha value is -2.40. The van der Waals surface area contributed by atoms with Gasteiger partial charge in [0.15, 0.2) is 0 Å². The van der Waals surface area contributed by atoms with Crippen LogP contribution in [0.1, 0.15) is 83.9 Å². The second-order valence-corrected chi connectivity index (χ2v) is 14.2. The molecule has 1 aromatic carbocycles. The highest BCUT2D eigenvalue weighted by Gasteiger charge is 2.33. The molecular weight excluding hydrogens is 538 g/mol. The lowest BCUT2D eigenvalue weighted by Gasteiger charge is -2.43. The van der Waals surface area contributed by atoms with Crippen LogP contribution < -0.4 is 0 Å². The Morgan fingerprint density at radius 2 is 1.76 bits per heavy atom. The molecule has 0 aliphatic carbocycles. The largest absolute Gasteiger partial charge is 0.370 e. The number of nitrogens with zero attached hydrogens (tertiary/aromatic N) is 5. The Bertz CT molecular complexity index is 1320. The lowest BCUT2D eigenvalue weighted by molar-refractivity contribution is 0.0400. The average molecular weight is 584 g/mol. The molecule has 10 heteroatoms. The molecule has 1 amide bonds. The van der Waals surface area contributed by atoms with E-state index in [0.29, 0.717) is 24.8 Å². The quantitative estimate of drug-likeness (QED) is 0.465. The number of benzene rings is 1. The first-order valence-electron chi connectivity index (χ1n) is 15.1. The number of sulfonamides is 1. The molecule has 41 heavy (non-hydrogen) atoms. The number of hydrogen-bond donors (Lipinski definition) is 0. The lowest BCUT2D eigenvalue weighted by atomic mass is 9.97. The van der Waals surface area contributed by atoms with Crippen LogP contribution >= 0.6 is 0 Å². The normalized spacial score (nSPS) is 23.4. The van der Waals surface area contributed by atoms with Gasteiger partial charge in [0, 0.05) is 43.5 Å². The monoisotopic (exact) mass is 583 g/mol. The van der Waals surface area contributed by atoms with Crippen molar-refractivity contribution < 1.29 is 17.9 Å². The van der Waals surface area contributed by atoms with Crippen LogP contribution in [0.4, 0.5) is 0 Å². The fourth-order valence-corrected chi connectivity index (χ4v) is 7.51. The third-order valence-corrected chi connectivity index (χ3v) is 10.8. The van der Waals surface area contributed by atoms with Crippen LogP contribution in [0.25, 0.3) is 0 Å². The smallest absolute Gasteiger partial charge is 0.272 e. The number of likely N-dealkylation sites (tertiary alicyclic amines) is 2. The minimum absolute atomic E-state index is 0.00490. The van der Waals surface area contributed by atoms with Gasteiger partial charge in [-0.3, -0.25) is 4.79 Å². The van der Waals surface area contributed by atoms with Gasteiger partial charge in [0.25, 0.3) is 5.91 Å². The van der Waals surface area contributed by atoms with Crippen molar-refractivity contribution in [3.63, 3.8) is 0 Å². The van der Waals surface area contributed by atoms with E-state index in [1.807, 2.05) is 11.8 Å². The maximum absolute atomic E-state index is 13.5. The van der Waals surface area contributed by atoms with Crippen molar-refractivity contribution in [3.8, 4) is 0 Å². The van der Waals surface area contributed by atoms with Crippen molar-refractivity contribution in [2.24, 2.45) is 0 Å². The molecule has 4 heterocycles. The van der Waals surface area contributed by atoms with Gasteiger partial charge in [0.2, 0.25) is 10.0 Å². The summed E-state index contributed by atoms with van der Waals surface area (Å²) in [5, 5.41) is 0. The molecule has 3 aliphatic heterocycles. The van der Waals surface area contributed by atoms with E-state index in [2.05, 4.69) is 46.1 Å². The van der Waals surface area contributed by atoms with E-state index in [1.54, 1.807) is 7.05 Å². The van der Waals surface area contributed by atoms with Crippen LogP contribution in [-0.2, 0) is 21.2 Å². The molecule has 1 aromatic heterocycles. The summed E-state index contributed by atoms with van der Waals surface area (Å²) in [6.45, 7) is 7.30. The molecule has 1 unspecified atom stereocenters. The van der Waals surface area contributed by atoms with E-state index in [4.69, 9.17) is 4.74 Å². The first-order valence-corrected chi connectivity index (χ1v) is 16.9. The summed E-state index contributed by atoms with van der Waals surface area (Å²) in [6, 6.07) is 9.08. The van der Waals surface area contributed by atoms with Crippen molar-refractivity contribution in [1.82, 2.24) is 24.1 Å². The summed E-state index contributed by atoms with van der Waals surface area (Å²) < 4.78 is 31.7. The number of piperidine rings is 2. The maximum Gasteiger partial charge on any atom is 0.272 e. The molecular formula is C31H45N5O4S. The number of rotatable bonds is 8. The number of carbonyl (C=O) groups is 1. The zero-order valence-electron chi connectivity index (χ0n) is 25.0. The van der Waals surface area contributed by atoms with E-state index in [1.165, 1.54) is 28.0 Å². The highest BCUT2D eigenvalue weighted by Crippen LogP contribution is 2.35. The molecule has 0 spiro atoms. The molecule has 2 aromatic rings. The van der Waals surface area contributed by atoms with Crippen molar-refractivity contribution in [2.45, 2.75) is 89.5 Å². The van der Waals surface area contributed by atoms with Gasteiger partial charge in [-0.2, -0.15) is 0 Å². The van der Waals surface area contributed by atoms with E-state index >= 15 is 0 Å². The van der Waals surface area contributed by atoms with Gasteiger partial charge in [0.1, 0.15) is 12.0 Å². The molecule has 3 fully saturated rings. The molecule has 224 valence electrons. The van der Waals surface area contributed by atoms with Gasteiger partial charge >= 0.3 is 0 Å². The van der Waals surface area contributed by atoms with Crippen LogP contribution in [0.15, 0.2) is 30.6 Å². The number of hydrogen-bond acceptors (Lipinski definition) is 7. The Labute approximate surface area is 245 Å². The minimum atomic E-state index is -3.16. The highest BCUT2D eigenvalue weighted by molar-refractivity contribution is 7.88. The predicted octanol–water partition coefficient (Wildman–Crippen LogP) is 3.91. The molecule has 0 N–H and O–H groups in total. The third-order valence-electron chi connectivity index (χ3n) is 9.42. The topological polar surface area (TPSA) is 95.9 Å². The first kappa shape index (κ1) is 30.1. The van der Waals surface area contributed by atoms with Crippen molar-refractivity contribution in [1.29, 1.82) is 0 Å². The van der Waals surface area contributed by atoms with Crippen LogP contribution in [0.5, 0.6) is 0 Å². The zero-order chi connectivity index (χ0) is 29.1. The van der Waals surface area contributed by atoms with Gasteiger partial charge < -0.3 is 14.5 Å². The second kappa shape index (κ2) is 12.9. The second-order valence-electron chi connectivity index (χ2n) is 12.1. The molecule has 5 rings (SSSR count). The maximum atomic E-state index is 13.5. The number of aryl methyl sites for hydroxylation is 2. The van der Waals surface area contributed by atoms with Gasteiger partial charge in [-0.25, -0.2) is 22.7 Å². The Balaban J connectivity index is 1.11. The average Bonchev–Trinajstić information content (AvgIpc) is 3.45. The van der Waals surface area contributed by atoms with Crippen molar-refractivity contribution >= 4 is 15.9 Å². The molecule has 0 radical (unpaired) electrons. The highest BCUT2D eigenvalue weighted by atomic mass is 32.2. The molecule has 2 atom stereocenters. The van der Waals surface area contributed by atoms with Crippen LogP contribution in [0, 0.1) is 13.8 Å². The first-order chi connectivity index (χ1) is 19.6. The van der Waals surface area contributed by atoms with E-state index in [0.717, 1.165) is 75.7 Å². The van der Waals surface area contributed by atoms with Crippen LogP contribution in [-0.4, -0.2) is 96.1 Å². The van der Waals surface area contributed by atoms with Crippen molar-refractivity contribution in [3.05, 3.63) is 58.7 Å². The zero-order valence-corrected chi connectivity index (χ0v) is 25.8. The standard InChI is InChI=1S/C31H45N5O4S/c1-22-6-5-7-24(20-22)29-11-9-27(40-29)8-10-28-23(2)30(33-21-32-28)31(37)36-18-14-26(15-19-36)35-16-12-25(13-17-35)34(3)41(4,38)39/h5-7,20-21,25-27,29H,8-19H2,1-4H3/t27?,29-/m1/s1. The number of aromatic nitrogens is 2. The number of carbonyl (C=O) groups excluding carboxylic acids is 1. The summed E-state index contributed by atoms with van der Waals surface area (Å²) >= 11 is 0. The summed E-state index contributed by atoms with van der Waals surface area (Å²) in [7, 11) is -1.48. The summed E-state index contributed by atoms with van der Waals surface area (Å²) in [5.41, 5.74) is 4.84. The summed E-state index contributed by atoms with van der Waals surface area (Å²) in [5.74, 6) is -0.00490. The summed E-state index contributed by atoms with van der Waals surface area (Å²) in [4.78, 5) is 26.9. The summed E-state index contributed by atoms with van der Waals surface area (Å²) in [6.07, 6.45) is 10.5. The Kier molecular flexibility index (Phi) is 9.43. The molecule has 3 saturated heterocycles. The van der Waals surface area contributed by atoms with Crippen molar-refractivity contribution in [2.75, 3.05) is 39.5 Å². The Morgan fingerprint density at radius 3 is 2.44 bits per heavy atom.